The zero-order chi connectivity index (χ0) is 42.5. The van der Waals surface area contributed by atoms with Crippen molar-refractivity contribution in [3.8, 4) is 0 Å². The lowest BCUT2D eigenvalue weighted by atomic mass is 9.71. The highest BCUT2D eigenvalue weighted by atomic mass is 15.2. The van der Waals surface area contributed by atoms with Crippen LogP contribution < -0.4 is 20.2 Å². The first kappa shape index (κ1) is 38.7. The van der Waals surface area contributed by atoms with Gasteiger partial charge < -0.3 is 9.80 Å². The zero-order valence-corrected chi connectivity index (χ0v) is 36.4. The van der Waals surface area contributed by atoms with E-state index < -0.39 is 0 Å². The van der Waals surface area contributed by atoms with Crippen LogP contribution in [0.15, 0.2) is 229 Å². The average Bonchev–Trinajstić information content (AvgIpc) is 3.33. The largest absolute Gasteiger partial charge is 0.332 e. The van der Waals surface area contributed by atoms with Gasteiger partial charge in [-0.2, -0.15) is 0 Å². The molecule has 0 bridgehead atoms. The van der Waals surface area contributed by atoms with Crippen LogP contribution in [-0.4, -0.2) is 5.54 Å². The summed E-state index contributed by atoms with van der Waals surface area (Å²) in [4.78, 5) is 5.04. The van der Waals surface area contributed by atoms with Gasteiger partial charge in [-0.25, -0.2) is 0 Å². The second kappa shape index (κ2) is 15.9. The third kappa shape index (κ3) is 6.91. The Labute approximate surface area is 371 Å². The number of hydrogen-bond donors (Lipinski definition) is 0. The van der Waals surface area contributed by atoms with E-state index in [0.29, 0.717) is 5.92 Å². The molecule has 4 aliphatic rings. The lowest BCUT2D eigenvalue weighted by Crippen LogP contribution is -2.45. The van der Waals surface area contributed by atoms with Crippen LogP contribution in [0.5, 0.6) is 0 Å². The zero-order valence-electron chi connectivity index (χ0n) is 36.4. The van der Waals surface area contributed by atoms with Crippen LogP contribution in [0.3, 0.4) is 0 Å². The van der Waals surface area contributed by atoms with Gasteiger partial charge in [0.25, 0.3) is 0 Å². The Bertz CT molecular complexity index is 3250. The standard InChI is InChI=1S/C61H52N2/c1-42-25-30-49(31-26-42)62(48-20-7-4-8-21-48)51-32-35-55-58(40-51)60(54-34-29-45-18-13-14-24-53(45)43(54)2)56-36-33-52(63(50-22-9-5-10-23-50)61(3)37-15-6-16-38-61)41-57(56)59(55)47-28-27-44-17-11-12-19-46(44)39-47/h4-25,27-35,37,39-42,56H,26,36,38H2,1-3H3. The molecule has 11 rings (SSSR count). The summed E-state index contributed by atoms with van der Waals surface area (Å²) in [6, 6.07) is 58.6. The van der Waals surface area contributed by atoms with Crippen molar-refractivity contribution in [1.29, 1.82) is 0 Å². The van der Waals surface area contributed by atoms with Crippen LogP contribution in [0.1, 0.15) is 49.8 Å². The molecule has 0 N–H and O–H groups in total. The van der Waals surface area contributed by atoms with Crippen LogP contribution in [0.2, 0.25) is 0 Å². The van der Waals surface area contributed by atoms with E-state index in [0.717, 1.165) is 24.9 Å². The molecule has 0 aliphatic heterocycles. The average molecular weight is 813 g/mol. The highest BCUT2D eigenvalue weighted by Crippen LogP contribution is 2.46. The van der Waals surface area contributed by atoms with Gasteiger partial charge in [-0.15, -0.1) is 0 Å². The van der Waals surface area contributed by atoms with Gasteiger partial charge in [0.05, 0.1) is 5.54 Å². The van der Waals surface area contributed by atoms with Crippen molar-refractivity contribution in [3.63, 3.8) is 0 Å². The summed E-state index contributed by atoms with van der Waals surface area (Å²) in [5, 5.41) is 7.66. The molecule has 0 saturated carbocycles. The van der Waals surface area contributed by atoms with E-state index in [2.05, 4.69) is 243 Å². The van der Waals surface area contributed by atoms with E-state index in [1.807, 2.05) is 0 Å². The van der Waals surface area contributed by atoms with Crippen LogP contribution in [0.25, 0.3) is 32.7 Å². The van der Waals surface area contributed by atoms with E-state index in [1.54, 1.807) is 0 Å². The number of para-hydroxylation sites is 2. The van der Waals surface area contributed by atoms with E-state index in [1.165, 1.54) is 88.2 Å². The normalized spacial score (nSPS) is 20.2. The molecule has 306 valence electrons. The van der Waals surface area contributed by atoms with Gasteiger partial charge in [0, 0.05) is 34.4 Å². The Morgan fingerprint density at radius 3 is 2.08 bits per heavy atom. The molecule has 0 heterocycles. The molecule has 0 amide bonds. The van der Waals surface area contributed by atoms with E-state index in [4.69, 9.17) is 0 Å². The maximum atomic E-state index is 2.58. The maximum Gasteiger partial charge on any atom is 0.0642 e. The summed E-state index contributed by atoms with van der Waals surface area (Å²) >= 11 is 0. The molecule has 0 radical (unpaired) electrons. The van der Waals surface area contributed by atoms with Crippen molar-refractivity contribution in [2.24, 2.45) is 11.8 Å². The molecule has 2 nitrogen and oxygen atoms in total. The molecule has 0 saturated heterocycles. The minimum atomic E-state index is -0.237. The van der Waals surface area contributed by atoms with Crippen LogP contribution in [0, 0.1) is 18.8 Å². The Hall–Kier alpha value is -7.16. The van der Waals surface area contributed by atoms with Gasteiger partial charge in [0.1, 0.15) is 0 Å². The molecule has 3 unspecified atom stereocenters. The molecular formula is C61H52N2. The van der Waals surface area contributed by atoms with E-state index in [9.17, 15) is 0 Å². The van der Waals surface area contributed by atoms with Crippen LogP contribution in [-0.2, 0) is 0 Å². The van der Waals surface area contributed by atoms with Gasteiger partial charge in [-0.1, -0.05) is 165 Å². The molecule has 0 spiro atoms. The van der Waals surface area contributed by atoms with Crippen molar-refractivity contribution in [3.05, 3.63) is 257 Å². The summed E-state index contributed by atoms with van der Waals surface area (Å²) in [6.45, 7) is 7.01. The highest BCUT2D eigenvalue weighted by Gasteiger charge is 2.37. The number of anilines is 3. The summed E-state index contributed by atoms with van der Waals surface area (Å²) in [5.41, 5.74) is 13.7. The molecule has 4 aliphatic carbocycles. The van der Waals surface area contributed by atoms with Crippen molar-refractivity contribution >= 4 is 49.8 Å². The molecular weight excluding hydrogens is 761 g/mol. The SMILES string of the molecule is Cc1c(C2=c3cc(N(C4=CCC(C)C=C4)c4ccccc4)ccc3=C(c3ccc4ccccc4c3)C3=CC(N(c4ccccc4)C4(C)C=CC=CC4)=CCC32)ccc2ccccc12. The summed E-state index contributed by atoms with van der Waals surface area (Å²) in [6.07, 6.45) is 24.0. The summed E-state index contributed by atoms with van der Waals surface area (Å²) < 4.78 is 0. The third-order valence-electron chi connectivity index (χ3n) is 13.8. The molecule has 0 fully saturated rings. The molecule has 7 aromatic carbocycles. The quantitative estimate of drug-likeness (QED) is 0.151. The number of allylic oxidation sites excluding steroid dienone is 8. The van der Waals surface area contributed by atoms with Gasteiger partial charge in [-0.3, -0.25) is 0 Å². The molecule has 2 heteroatoms. The Kier molecular flexibility index (Phi) is 9.81. The fourth-order valence-corrected chi connectivity index (χ4v) is 10.6. The number of aryl methyl sites for hydroxylation is 1. The van der Waals surface area contributed by atoms with Crippen molar-refractivity contribution in [2.45, 2.75) is 45.6 Å². The molecule has 63 heavy (non-hydrogen) atoms. The first-order valence-corrected chi connectivity index (χ1v) is 22.7. The Balaban J connectivity index is 1.23. The van der Waals surface area contributed by atoms with Crippen molar-refractivity contribution in [2.75, 3.05) is 9.80 Å². The number of hydrogen-bond acceptors (Lipinski definition) is 2. The Morgan fingerprint density at radius 2 is 1.32 bits per heavy atom. The second-order valence-corrected chi connectivity index (χ2v) is 17.9. The second-order valence-electron chi connectivity index (χ2n) is 17.9. The lowest BCUT2D eigenvalue weighted by molar-refractivity contribution is 0.552. The predicted octanol–water partition coefficient (Wildman–Crippen LogP) is 13.9. The van der Waals surface area contributed by atoms with Gasteiger partial charge >= 0.3 is 0 Å². The van der Waals surface area contributed by atoms with Crippen molar-refractivity contribution < 1.29 is 0 Å². The fourth-order valence-electron chi connectivity index (χ4n) is 10.6. The lowest BCUT2D eigenvalue weighted by Gasteiger charge is -2.44. The first-order valence-electron chi connectivity index (χ1n) is 22.7. The fraction of sp³-hybridized carbons (Fsp3) is 0.148. The molecule has 7 aromatic rings. The number of fused-ring (bicyclic) bond motifs is 4. The van der Waals surface area contributed by atoms with E-state index >= 15 is 0 Å². The van der Waals surface area contributed by atoms with Gasteiger partial charge in [0.2, 0.25) is 0 Å². The van der Waals surface area contributed by atoms with Gasteiger partial charge in [0.15, 0.2) is 0 Å². The Morgan fingerprint density at radius 1 is 0.603 bits per heavy atom. The van der Waals surface area contributed by atoms with E-state index in [-0.39, 0.29) is 11.5 Å². The minimum absolute atomic E-state index is 0.116. The minimum Gasteiger partial charge on any atom is -0.332 e. The number of benzene rings is 7. The summed E-state index contributed by atoms with van der Waals surface area (Å²) in [5.74, 6) is 0.634. The molecule has 0 aromatic heterocycles. The van der Waals surface area contributed by atoms with Gasteiger partial charge in [-0.05, 0) is 159 Å². The van der Waals surface area contributed by atoms with Crippen LogP contribution in [0.4, 0.5) is 17.1 Å². The van der Waals surface area contributed by atoms with Crippen LogP contribution >= 0.6 is 0 Å². The smallest absolute Gasteiger partial charge is 0.0642 e. The maximum absolute atomic E-state index is 2.58. The highest BCUT2D eigenvalue weighted by molar-refractivity contribution is 5.96. The molecule has 3 atom stereocenters. The predicted molar refractivity (Wildman–Crippen MR) is 267 cm³/mol. The first-order chi connectivity index (χ1) is 30.9. The third-order valence-corrected chi connectivity index (χ3v) is 13.8. The van der Waals surface area contributed by atoms with Crippen molar-refractivity contribution in [1.82, 2.24) is 0 Å². The number of nitrogens with zero attached hydrogens (tertiary/aromatic N) is 2. The topological polar surface area (TPSA) is 6.48 Å². The number of rotatable bonds is 8. The summed E-state index contributed by atoms with van der Waals surface area (Å²) in [7, 11) is 0. The monoisotopic (exact) mass is 812 g/mol.